The summed E-state index contributed by atoms with van der Waals surface area (Å²) in [7, 11) is 0. The lowest BCUT2D eigenvalue weighted by Gasteiger charge is -2.40. The van der Waals surface area contributed by atoms with Gasteiger partial charge in [-0.2, -0.15) is 0 Å². The molecule has 2 saturated heterocycles. The van der Waals surface area contributed by atoms with E-state index < -0.39 is 92.6 Å². The van der Waals surface area contributed by atoms with Crippen LogP contribution in [0, 0.1) is 0 Å². The quantitative estimate of drug-likeness (QED) is 0.144. The normalized spacial score (nSPS) is 37.7. The minimum atomic E-state index is -1.72. The summed E-state index contributed by atoms with van der Waals surface area (Å²) in [4.78, 5) is 0. The molecule has 2 unspecified atom stereocenters. The Morgan fingerprint density at radius 2 is 1.23 bits per heavy atom. The molecule has 3 heterocycles. The van der Waals surface area contributed by atoms with Crippen molar-refractivity contribution >= 4 is 0 Å². The SMILES string of the molecule is OC[C@H]1O[C@@H](Oc2ccc(C3Oc4cc(O)cc(O[C@@H]5O[C@H](CO)[C@@H](O)[C@H](O)[C@H]5O)c4CC3O)cc2O)[C@H](O)[C@@H](O)[C@@H]1O. The van der Waals surface area contributed by atoms with Gasteiger partial charge in [0, 0.05) is 24.1 Å². The summed E-state index contributed by atoms with van der Waals surface area (Å²) < 4.78 is 27.8. The van der Waals surface area contributed by atoms with Crippen molar-refractivity contribution in [2.24, 2.45) is 0 Å². The minimum absolute atomic E-state index is 0.0667. The summed E-state index contributed by atoms with van der Waals surface area (Å²) in [5.41, 5.74) is 0.543. The number of benzene rings is 2. The first-order valence-corrected chi connectivity index (χ1v) is 13.4. The highest BCUT2D eigenvalue weighted by atomic mass is 16.7. The number of aliphatic hydroxyl groups excluding tert-OH is 9. The second kappa shape index (κ2) is 12.5. The predicted octanol–water partition coefficient (Wildman–Crippen LogP) is -3.51. The van der Waals surface area contributed by atoms with Crippen molar-refractivity contribution in [3.05, 3.63) is 41.5 Å². The standard InChI is InChI=1S/C27H34O16/c28-7-17-19(33)21(35)23(37)26(42-17)40-14-2-1-9(3-12(14)31)25-13(32)6-11-15(39-25)4-10(30)5-16(11)41-27-24(38)22(36)20(34)18(8-29)43-27/h1-5,13,17-38H,6-8H2/t13?,17-,18-,19-,20-,21+,22+,23-,24-,25?,26-,27-/m1/s1. The van der Waals surface area contributed by atoms with E-state index in [-0.39, 0.29) is 40.5 Å². The van der Waals surface area contributed by atoms with E-state index in [4.69, 9.17) is 23.7 Å². The smallest absolute Gasteiger partial charge is 0.229 e. The van der Waals surface area contributed by atoms with E-state index in [0.717, 1.165) is 0 Å². The summed E-state index contributed by atoms with van der Waals surface area (Å²) in [5.74, 6) is -0.955. The van der Waals surface area contributed by atoms with Crippen LogP contribution in [0.4, 0.5) is 0 Å². The third-order valence-corrected chi connectivity index (χ3v) is 7.66. The average molecular weight is 615 g/mol. The molecule has 43 heavy (non-hydrogen) atoms. The zero-order chi connectivity index (χ0) is 31.2. The first-order valence-electron chi connectivity index (χ1n) is 13.4. The van der Waals surface area contributed by atoms with Crippen LogP contribution in [0.1, 0.15) is 17.2 Å². The highest BCUT2D eigenvalue weighted by Crippen LogP contribution is 2.44. The number of rotatable bonds is 7. The highest BCUT2D eigenvalue weighted by molar-refractivity contribution is 5.53. The maximum absolute atomic E-state index is 11.0. The van der Waals surface area contributed by atoms with Crippen molar-refractivity contribution in [1.82, 2.24) is 0 Å². The molecule has 0 spiro atoms. The van der Waals surface area contributed by atoms with Gasteiger partial charge in [-0.25, -0.2) is 0 Å². The van der Waals surface area contributed by atoms with Crippen molar-refractivity contribution in [2.45, 2.75) is 80.0 Å². The lowest BCUT2D eigenvalue weighted by Crippen LogP contribution is -2.60. The zero-order valence-corrected chi connectivity index (χ0v) is 22.4. The summed E-state index contributed by atoms with van der Waals surface area (Å²) >= 11 is 0. The van der Waals surface area contributed by atoms with Crippen LogP contribution >= 0.6 is 0 Å². The highest BCUT2D eigenvalue weighted by Gasteiger charge is 2.46. The number of ether oxygens (including phenoxy) is 5. The number of fused-ring (bicyclic) bond motifs is 1. The number of hydrogen-bond donors (Lipinski definition) is 11. The summed E-state index contributed by atoms with van der Waals surface area (Å²) in [6, 6.07) is 6.37. The third-order valence-electron chi connectivity index (χ3n) is 7.66. The van der Waals surface area contributed by atoms with Crippen molar-refractivity contribution in [1.29, 1.82) is 0 Å². The van der Waals surface area contributed by atoms with E-state index in [0.29, 0.717) is 0 Å². The summed E-state index contributed by atoms with van der Waals surface area (Å²) in [5, 5.41) is 111. The summed E-state index contributed by atoms with van der Waals surface area (Å²) in [6.45, 7) is -1.34. The topological polar surface area (TPSA) is 269 Å². The van der Waals surface area contributed by atoms with Crippen LogP contribution in [0.15, 0.2) is 30.3 Å². The number of phenols is 2. The molecule has 2 fully saturated rings. The fourth-order valence-corrected chi connectivity index (χ4v) is 5.23. The second-order valence-corrected chi connectivity index (χ2v) is 10.6. The van der Waals surface area contributed by atoms with Gasteiger partial charge in [-0.3, -0.25) is 0 Å². The first-order chi connectivity index (χ1) is 20.4. The first kappa shape index (κ1) is 31.4. The lowest BCUT2D eigenvalue weighted by atomic mass is 9.93. The molecule has 0 bridgehead atoms. The molecule has 3 aliphatic heterocycles. The van der Waals surface area contributed by atoms with Gasteiger partial charge in [-0.15, -0.1) is 0 Å². The minimum Gasteiger partial charge on any atom is -0.508 e. The Bertz CT molecular complexity index is 1270. The number of aliphatic hydroxyl groups is 9. The summed E-state index contributed by atoms with van der Waals surface area (Å²) in [6.07, 6.45) is -17.9. The largest absolute Gasteiger partial charge is 0.508 e. The Hall–Kier alpha value is -3.00. The van der Waals surface area contributed by atoms with Crippen molar-refractivity contribution in [3.8, 4) is 28.7 Å². The van der Waals surface area contributed by atoms with Crippen LogP contribution < -0.4 is 14.2 Å². The Morgan fingerprint density at radius 1 is 0.674 bits per heavy atom. The van der Waals surface area contributed by atoms with E-state index in [1.54, 1.807) is 0 Å². The van der Waals surface area contributed by atoms with Gasteiger partial charge in [-0.1, -0.05) is 6.07 Å². The fourth-order valence-electron chi connectivity index (χ4n) is 5.23. The Balaban J connectivity index is 1.33. The molecule has 0 amide bonds. The molecule has 0 aliphatic carbocycles. The maximum atomic E-state index is 11.0. The number of aromatic hydroxyl groups is 2. The van der Waals surface area contributed by atoms with Gasteiger partial charge in [0.15, 0.2) is 11.5 Å². The van der Waals surface area contributed by atoms with E-state index in [2.05, 4.69) is 0 Å². The Morgan fingerprint density at radius 3 is 1.77 bits per heavy atom. The molecule has 16 nitrogen and oxygen atoms in total. The molecule has 2 aromatic rings. The van der Waals surface area contributed by atoms with Gasteiger partial charge in [0.1, 0.15) is 72.2 Å². The van der Waals surface area contributed by atoms with Gasteiger partial charge < -0.3 is 79.9 Å². The van der Waals surface area contributed by atoms with Crippen molar-refractivity contribution in [2.75, 3.05) is 13.2 Å². The number of phenolic OH excluding ortho intramolecular Hbond substituents is 2. The van der Waals surface area contributed by atoms with E-state index in [1.165, 1.54) is 30.3 Å². The molecule has 5 rings (SSSR count). The van der Waals surface area contributed by atoms with E-state index >= 15 is 0 Å². The fraction of sp³-hybridized carbons (Fsp3) is 0.556. The molecule has 0 radical (unpaired) electrons. The third kappa shape index (κ3) is 6.04. The van der Waals surface area contributed by atoms with Gasteiger partial charge >= 0.3 is 0 Å². The second-order valence-electron chi connectivity index (χ2n) is 10.6. The molecule has 238 valence electrons. The molecule has 12 atom stereocenters. The van der Waals surface area contributed by atoms with Gasteiger partial charge in [0.2, 0.25) is 12.6 Å². The molecule has 0 saturated carbocycles. The Labute approximate surface area is 243 Å². The van der Waals surface area contributed by atoms with Gasteiger partial charge in [-0.05, 0) is 17.7 Å². The van der Waals surface area contributed by atoms with Crippen LogP contribution in [-0.4, -0.2) is 137 Å². The maximum Gasteiger partial charge on any atom is 0.229 e. The molecule has 2 aromatic carbocycles. The van der Waals surface area contributed by atoms with Crippen LogP contribution in [0.5, 0.6) is 28.7 Å². The molecule has 16 heteroatoms. The van der Waals surface area contributed by atoms with Gasteiger partial charge in [0.25, 0.3) is 0 Å². The van der Waals surface area contributed by atoms with Crippen molar-refractivity contribution < 1.29 is 79.9 Å². The number of hydrogen-bond acceptors (Lipinski definition) is 16. The molecular formula is C27H34O16. The average Bonchev–Trinajstić information content (AvgIpc) is 2.98. The van der Waals surface area contributed by atoms with Crippen LogP contribution in [0.2, 0.25) is 0 Å². The lowest BCUT2D eigenvalue weighted by molar-refractivity contribution is -0.277. The van der Waals surface area contributed by atoms with Crippen LogP contribution in [0.3, 0.4) is 0 Å². The Kier molecular flexibility index (Phi) is 9.17. The van der Waals surface area contributed by atoms with E-state index in [1.807, 2.05) is 0 Å². The van der Waals surface area contributed by atoms with Crippen LogP contribution in [-0.2, 0) is 15.9 Å². The van der Waals surface area contributed by atoms with Crippen LogP contribution in [0.25, 0.3) is 0 Å². The zero-order valence-electron chi connectivity index (χ0n) is 22.4. The van der Waals surface area contributed by atoms with Gasteiger partial charge in [0.05, 0.1) is 19.3 Å². The molecule has 0 aromatic heterocycles. The molecule has 3 aliphatic rings. The predicted molar refractivity (Wildman–Crippen MR) is 138 cm³/mol. The van der Waals surface area contributed by atoms with E-state index in [9.17, 15) is 56.2 Å². The molecule has 11 N–H and O–H groups in total. The monoisotopic (exact) mass is 614 g/mol. The molecular weight excluding hydrogens is 580 g/mol. The van der Waals surface area contributed by atoms with Crippen molar-refractivity contribution in [3.63, 3.8) is 0 Å².